The Morgan fingerprint density at radius 3 is 2.76 bits per heavy atom. The van der Waals surface area contributed by atoms with Crippen LogP contribution in [0, 0.1) is 0 Å². The summed E-state index contributed by atoms with van der Waals surface area (Å²) in [5, 5.41) is 13.7. The molecule has 1 unspecified atom stereocenters. The van der Waals surface area contributed by atoms with Crippen molar-refractivity contribution in [2.24, 2.45) is 5.73 Å². The van der Waals surface area contributed by atoms with Crippen LogP contribution in [-0.4, -0.2) is 40.2 Å². The van der Waals surface area contributed by atoms with E-state index >= 15 is 0 Å². The van der Waals surface area contributed by atoms with Gasteiger partial charge in [0.25, 0.3) is 0 Å². The van der Waals surface area contributed by atoms with Gasteiger partial charge in [-0.2, -0.15) is 9.61 Å². The molecule has 3 rings (SSSR count). The Morgan fingerprint density at radius 2 is 2.10 bits per heavy atom. The zero-order valence-electron chi connectivity index (χ0n) is 11.9. The summed E-state index contributed by atoms with van der Waals surface area (Å²) in [7, 11) is -3.00. The maximum absolute atomic E-state index is 11.2. The fourth-order valence-corrected chi connectivity index (χ4v) is 4.26. The van der Waals surface area contributed by atoms with E-state index in [9.17, 15) is 8.42 Å². The van der Waals surface area contributed by atoms with Crippen molar-refractivity contribution in [3.05, 3.63) is 10.8 Å². The van der Waals surface area contributed by atoms with Gasteiger partial charge in [-0.05, 0) is 19.3 Å². The molecule has 0 spiro atoms. The number of hydrogen-bond donors (Lipinski definition) is 1. The van der Waals surface area contributed by atoms with Crippen LogP contribution >= 0.6 is 11.3 Å². The fourth-order valence-electron chi connectivity index (χ4n) is 2.70. The number of nitrogens with two attached hydrogens (primary N) is 1. The Morgan fingerprint density at radius 1 is 1.38 bits per heavy atom. The van der Waals surface area contributed by atoms with E-state index in [-0.39, 0.29) is 11.8 Å². The molecule has 21 heavy (non-hydrogen) atoms. The Kier molecular flexibility index (Phi) is 3.98. The number of nitrogens with zero attached hydrogens (tertiary/aromatic N) is 4. The van der Waals surface area contributed by atoms with E-state index in [1.54, 1.807) is 4.52 Å². The van der Waals surface area contributed by atoms with Crippen LogP contribution in [0.15, 0.2) is 0 Å². The predicted molar refractivity (Wildman–Crippen MR) is 81.1 cm³/mol. The van der Waals surface area contributed by atoms with Crippen LogP contribution in [0.5, 0.6) is 0 Å². The lowest BCUT2D eigenvalue weighted by molar-refractivity contribution is 0.588. The Balaban J connectivity index is 1.80. The summed E-state index contributed by atoms with van der Waals surface area (Å²) < 4.78 is 24.2. The molecule has 0 aliphatic heterocycles. The summed E-state index contributed by atoms with van der Waals surface area (Å²) in [4.78, 5) is 0.738. The third kappa shape index (κ3) is 3.24. The molecule has 1 saturated carbocycles. The standard InChI is InChI=1S/C12H19N5O2S2/c1-21(18,19)7-6-9(13)11-16-17-10(8-4-2-3-5-8)14-15-12(17)20-11/h8-9H,2-7,13H2,1H3. The summed E-state index contributed by atoms with van der Waals surface area (Å²) in [6.07, 6.45) is 6.31. The molecule has 0 amide bonds. The molecule has 1 aliphatic rings. The van der Waals surface area contributed by atoms with Crippen molar-refractivity contribution in [3.8, 4) is 0 Å². The van der Waals surface area contributed by atoms with E-state index in [2.05, 4.69) is 15.3 Å². The molecule has 2 heterocycles. The first-order valence-electron chi connectivity index (χ1n) is 7.09. The fraction of sp³-hybridized carbons (Fsp3) is 0.750. The van der Waals surface area contributed by atoms with Gasteiger partial charge >= 0.3 is 0 Å². The van der Waals surface area contributed by atoms with Crippen molar-refractivity contribution in [1.29, 1.82) is 0 Å². The molecule has 1 atom stereocenters. The SMILES string of the molecule is CS(=O)(=O)CCC(N)c1nn2c(C3CCCC3)nnc2s1. The van der Waals surface area contributed by atoms with Crippen LogP contribution in [0.2, 0.25) is 0 Å². The highest BCUT2D eigenvalue weighted by atomic mass is 32.2. The normalized spacial score (nSPS) is 18.6. The van der Waals surface area contributed by atoms with Crippen LogP contribution < -0.4 is 5.73 Å². The molecule has 0 aromatic carbocycles. The van der Waals surface area contributed by atoms with E-state index in [1.165, 1.54) is 30.4 Å². The van der Waals surface area contributed by atoms with E-state index in [4.69, 9.17) is 5.73 Å². The zero-order valence-corrected chi connectivity index (χ0v) is 13.5. The van der Waals surface area contributed by atoms with Gasteiger partial charge in [-0.15, -0.1) is 10.2 Å². The van der Waals surface area contributed by atoms with Gasteiger partial charge in [-0.3, -0.25) is 0 Å². The minimum atomic E-state index is -3.00. The van der Waals surface area contributed by atoms with Crippen molar-refractivity contribution in [2.45, 2.75) is 44.1 Å². The van der Waals surface area contributed by atoms with Crippen LogP contribution in [0.25, 0.3) is 4.96 Å². The average molecular weight is 329 g/mol. The van der Waals surface area contributed by atoms with Crippen LogP contribution in [0.4, 0.5) is 0 Å². The Labute approximate surface area is 127 Å². The smallest absolute Gasteiger partial charge is 0.234 e. The minimum absolute atomic E-state index is 0.0732. The molecule has 116 valence electrons. The molecule has 2 aromatic rings. The van der Waals surface area contributed by atoms with Crippen LogP contribution in [0.1, 0.15) is 54.9 Å². The lowest BCUT2D eigenvalue weighted by Gasteiger charge is -2.07. The van der Waals surface area contributed by atoms with Gasteiger partial charge in [-0.1, -0.05) is 24.2 Å². The number of fused-ring (bicyclic) bond motifs is 1. The molecule has 0 radical (unpaired) electrons. The van der Waals surface area contributed by atoms with Gasteiger partial charge in [-0.25, -0.2) is 8.42 Å². The Hall–Kier alpha value is -1.06. The van der Waals surface area contributed by atoms with Crippen molar-refractivity contribution in [1.82, 2.24) is 19.8 Å². The second-order valence-corrected chi connectivity index (χ2v) is 8.95. The van der Waals surface area contributed by atoms with Gasteiger partial charge in [0, 0.05) is 12.2 Å². The molecule has 9 heteroatoms. The topological polar surface area (TPSA) is 103 Å². The van der Waals surface area contributed by atoms with Gasteiger partial charge in [0.2, 0.25) is 4.96 Å². The first-order valence-corrected chi connectivity index (χ1v) is 9.97. The van der Waals surface area contributed by atoms with Gasteiger partial charge in [0.15, 0.2) is 5.82 Å². The van der Waals surface area contributed by atoms with Crippen molar-refractivity contribution < 1.29 is 8.42 Å². The van der Waals surface area contributed by atoms with E-state index in [0.29, 0.717) is 12.3 Å². The molecule has 0 saturated heterocycles. The maximum atomic E-state index is 11.2. The largest absolute Gasteiger partial charge is 0.322 e. The number of aromatic nitrogens is 4. The van der Waals surface area contributed by atoms with Crippen molar-refractivity contribution in [3.63, 3.8) is 0 Å². The summed E-state index contributed by atoms with van der Waals surface area (Å²) >= 11 is 1.39. The molecular weight excluding hydrogens is 310 g/mol. The van der Waals surface area contributed by atoms with Crippen LogP contribution in [0.3, 0.4) is 0 Å². The maximum Gasteiger partial charge on any atom is 0.234 e. The van der Waals surface area contributed by atoms with Crippen molar-refractivity contribution >= 4 is 26.1 Å². The molecule has 1 aliphatic carbocycles. The zero-order chi connectivity index (χ0) is 15.0. The minimum Gasteiger partial charge on any atom is -0.322 e. The monoisotopic (exact) mass is 329 g/mol. The summed E-state index contributed by atoms with van der Waals surface area (Å²) in [6, 6.07) is -0.372. The third-order valence-corrected chi connectivity index (χ3v) is 5.88. The Bertz CT molecular complexity index is 730. The number of rotatable bonds is 5. The number of sulfone groups is 1. The lowest BCUT2D eigenvalue weighted by atomic mass is 10.1. The van der Waals surface area contributed by atoms with E-state index in [0.717, 1.165) is 28.6 Å². The molecule has 2 N–H and O–H groups in total. The van der Waals surface area contributed by atoms with Crippen molar-refractivity contribution in [2.75, 3.05) is 12.0 Å². The second kappa shape index (κ2) is 5.62. The van der Waals surface area contributed by atoms with Gasteiger partial charge < -0.3 is 5.73 Å². The first-order chi connectivity index (χ1) is 9.94. The lowest BCUT2D eigenvalue weighted by Crippen LogP contribution is -2.16. The van der Waals surface area contributed by atoms with Gasteiger partial charge in [0.1, 0.15) is 14.8 Å². The highest BCUT2D eigenvalue weighted by molar-refractivity contribution is 7.90. The number of hydrogen-bond acceptors (Lipinski definition) is 7. The molecule has 7 nitrogen and oxygen atoms in total. The predicted octanol–water partition coefficient (Wildman–Crippen LogP) is 1.28. The second-order valence-electron chi connectivity index (χ2n) is 5.70. The first kappa shape index (κ1) is 14.9. The summed E-state index contributed by atoms with van der Waals surface area (Å²) in [6.45, 7) is 0. The summed E-state index contributed by atoms with van der Waals surface area (Å²) in [5.41, 5.74) is 6.05. The summed E-state index contributed by atoms with van der Waals surface area (Å²) in [5.74, 6) is 1.42. The van der Waals surface area contributed by atoms with Gasteiger partial charge in [0.05, 0.1) is 11.8 Å². The molecule has 0 bridgehead atoms. The van der Waals surface area contributed by atoms with Crippen LogP contribution in [-0.2, 0) is 9.84 Å². The van der Waals surface area contributed by atoms with E-state index in [1.807, 2.05) is 0 Å². The third-order valence-electron chi connectivity index (χ3n) is 3.87. The molecule has 2 aromatic heterocycles. The molecular formula is C12H19N5O2S2. The highest BCUT2D eigenvalue weighted by Crippen LogP contribution is 2.34. The molecule has 1 fully saturated rings. The average Bonchev–Trinajstić information content (AvgIpc) is 3.09. The quantitative estimate of drug-likeness (QED) is 0.886. The highest BCUT2D eigenvalue weighted by Gasteiger charge is 2.25. The van der Waals surface area contributed by atoms with E-state index < -0.39 is 9.84 Å².